The molecule has 2 heterocycles. The van der Waals surface area contributed by atoms with Gasteiger partial charge in [-0.15, -0.1) is 0 Å². The highest BCUT2D eigenvalue weighted by Gasteiger charge is 2.22. The van der Waals surface area contributed by atoms with Crippen LogP contribution in [0.15, 0.2) is 59.9 Å². The Balaban J connectivity index is 1.36. The van der Waals surface area contributed by atoms with Gasteiger partial charge in [-0.3, -0.25) is 4.79 Å². The molecule has 3 aromatic rings. The molecule has 10 heteroatoms. The summed E-state index contributed by atoms with van der Waals surface area (Å²) in [6.07, 6.45) is 3.35. The van der Waals surface area contributed by atoms with Crippen molar-refractivity contribution in [2.24, 2.45) is 0 Å². The summed E-state index contributed by atoms with van der Waals surface area (Å²) in [7, 11) is 4.81. The number of hydrogen-bond donors (Lipinski definition) is 1. The third-order valence-corrected chi connectivity index (χ3v) is 6.65. The van der Waals surface area contributed by atoms with Crippen LogP contribution >= 0.6 is 11.8 Å². The Bertz CT molecular complexity index is 1140. The van der Waals surface area contributed by atoms with Crippen LogP contribution in [0.4, 0.5) is 17.2 Å². The molecule has 1 aliphatic rings. The predicted molar refractivity (Wildman–Crippen MR) is 138 cm³/mol. The van der Waals surface area contributed by atoms with Gasteiger partial charge in [0, 0.05) is 50.3 Å². The summed E-state index contributed by atoms with van der Waals surface area (Å²) in [5, 5.41) is 3.63. The summed E-state index contributed by atoms with van der Waals surface area (Å²) in [5.74, 6) is 2.89. The molecule has 0 bridgehead atoms. The van der Waals surface area contributed by atoms with E-state index in [0.29, 0.717) is 17.2 Å². The second-order valence-electron chi connectivity index (χ2n) is 7.76. The molecule has 1 aromatic heterocycles. The molecule has 1 amide bonds. The fourth-order valence-corrected chi connectivity index (χ4v) is 4.62. The highest BCUT2D eigenvalue weighted by atomic mass is 32.2. The smallest absolute Gasteiger partial charge is 0.234 e. The number of methoxy groups -OCH3 is 3. The van der Waals surface area contributed by atoms with E-state index in [-0.39, 0.29) is 11.7 Å². The third-order valence-electron chi connectivity index (χ3n) is 5.68. The summed E-state index contributed by atoms with van der Waals surface area (Å²) in [4.78, 5) is 26.3. The van der Waals surface area contributed by atoms with Crippen molar-refractivity contribution in [3.63, 3.8) is 0 Å². The first-order valence-electron chi connectivity index (χ1n) is 11.2. The molecule has 0 saturated carbocycles. The zero-order valence-electron chi connectivity index (χ0n) is 20.1. The monoisotopic (exact) mass is 495 g/mol. The van der Waals surface area contributed by atoms with E-state index in [1.165, 1.54) is 17.4 Å². The zero-order valence-corrected chi connectivity index (χ0v) is 20.9. The van der Waals surface area contributed by atoms with Gasteiger partial charge in [0.25, 0.3) is 0 Å². The van der Waals surface area contributed by atoms with E-state index in [2.05, 4.69) is 37.2 Å². The molecule has 0 aliphatic carbocycles. The Morgan fingerprint density at radius 1 is 0.886 bits per heavy atom. The Hall–Kier alpha value is -3.66. The number of aromatic nitrogens is 2. The lowest BCUT2D eigenvalue weighted by Crippen LogP contribution is -2.47. The molecular formula is C25H29N5O4S. The summed E-state index contributed by atoms with van der Waals surface area (Å²) < 4.78 is 15.8. The minimum atomic E-state index is -0.164. The van der Waals surface area contributed by atoms with E-state index < -0.39 is 0 Å². The minimum absolute atomic E-state index is 0.164. The number of piperazine rings is 1. The first-order chi connectivity index (χ1) is 17.1. The highest BCUT2D eigenvalue weighted by Crippen LogP contribution is 2.31. The number of anilines is 3. The molecule has 1 aliphatic heterocycles. The Morgan fingerprint density at radius 3 is 2.23 bits per heavy atom. The first kappa shape index (κ1) is 24.5. The van der Waals surface area contributed by atoms with Gasteiger partial charge in [-0.2, -0.15) is 0 Å². The topological polar surface area (TPSA) is 89.1 Å². The Labute approximate surface area is 209 Å². The molecule has 2 aromatic carbocycles. The van der Waals surface area contributed by atoms with Crippen LogP contribution in [0.25, 0.3) is 0 Å². The van der Waals surface area contributed by atoms with Crippen molar-refractivity contribution < 1.29 is 19.0 Å². The zero-order chi connectivity index (χ0) is 24.6. The highest BCUT2D eigenvalue weighted by molar-refractivity contribution is 8.00. The maximum atomic E-state index is 12.7. The van der Waals surface area contributed by atoms with Gasteiger partial charge in [-0.05, 0) is 36.4 Å². The third kappa shape index (κ3) is 6.07. The molecule has 1 fully saturated rings. The molecule has 0 radical (unpaired) electrons. The molecule has 9 nitrogen and oxygen atoms in total. The number of rotatable bonds is 9. The SMILES string of the molecule is COc1ccc(N2CCN(c3nccnc3SCC(=O)Nc3cc(OC)ccc3OC)CC2)cc1. The molecule has 0 atom stereocenters. The van der Waals surface area contributed by atoms with Crippen LogP contribution in [-0.2, 0) is 4.79 Å². The van der Waals surface area contributed by atoms with Crippen LogP contribution < -0.4 is 29.3 Å². The average Bonchev–Trinajstić information content (AvgIpc) is 2.92. The van der Waals surface area contributed by atoms with Gasteiger partial charge < -0.3 is 29.3 Å². The maximum Gasteiger partial charge on any atom is 0.234 e. The van der Waals surface area contributed by atoms with Crippen molar-refractivity contribution in [2.45, 2.75) is 5.03 Å². The number of hydrogen-bond acceptors (Lipinski definition) is 9. The van der Waals surface area contributed by atoms with Crippen molar-refractivity contribution in [2.75, 3.05) is 68.4 Å². The lowest BCUT2D eigenvalue weighted by molar-refractivity contribution is -0.113. The number of amides is 1. The van der Waals surface area contributed by atoms with E-state index in [9.17, 15) is 4.79 Å². The molecule has 4 rings (SSSR count). The van der Waals surface area contributed by atoms with Crippen molar-refractivity contribution >= 4 is 34.9 Å². The van der Waals surface area contributed by atoms with Crippen LogP contribution in [0.1, 0.15) is 0 Å². The molecule has 184 valence electrons. The number of benzene rings is 2. The van der Waals surface area contributed by atoms with Crippen molar-refractivity contribution in [3.8, 4) is 17.2 Å². The summed E-state index contributed by atoms with van der Waals surface area (Å²) >= 11 is 1.37. The van der Waals surface area contributed by atoms with E-state index >= 15 is 0 Å². The van der Waals surface area contributed by atoms with Crippen LogP contribution in [0, 0.1) is 0 Å². The molecule has 1 saturated heterocycles. The maximum absolute atomic E-state index is 12.7. The molecule has 0 spiro atoms. The molecule has 35 heavy (non-hydrogen) atoms. The van der Waals surface area contributed by atoms with Gasteiger partial charge in [-0.1, -0.05) is 11.8 Å². The van der Waals surface area contributed by atoms with Gasteiger partial charge in [-0.25, -0.2) is 9.97 Å². The minimum Gasteiger partial charge on any atom is -0.497 e. The summed E-state index contributed by atoms with van der Waals surface area (Å²) in [6, 6.07) is 13.4. The Kier molecular flexibility index (Phi) is 8.15. The van der Waals surface area contributed by atoms with E-state index in [1.807, 2.05) is 12.1 Å². The number of thioether (sulfide) groups is 1. The average molecular weight is 496 g/mol. The van der Waals surface area contributed by atoms with E-state index in [0.717, 1.165) is 42.8 Å². The van der Waals surface area contributed by atoms with Crippen LogP contribution in [0.3, 0.4) is 0 Å². The second-order valence-corrected chi connectivity index (χ2v) is 8.72. The molecule has 1 N–H and O–H groups in total. The standard InChI is InChI=1S/C25H29N5O4S/c1-32-19-6-4-18(5-7-19)29-12-14-30(15-13-29)24-25(27-11-10-26-24)35-17-23(31)28-21-16-20(33-2)8-9-22(21)34-3/h4-11,16H,12-15,17H2,1-3H3,(H,28,31). The van der Waals surface area contributed by atoms with Gasteiger partial charge >= 0.3 is 0 Å². The lowest BCUT2D eigenvalue weighted by Gasteiger charge is -2.37. The number of nitrogens with zero attached hydrogens (tertiary/aromatic N) is 4. The number of carbonyl (C=O) groups is 1. The summed E-state index contributed by atoms with van der Waals surface area (Å²) in [6.45, 7) is 3.35. The van der Waals surface area contributed by atoms with Crippen LogP contribution in [0.5, 0.6) is 17.2 Å². The molecule has 0 unspecified atom stereocenters. The quantitative estimate of drug-likeness (QED) is 0.448. The predicted octanol–water partition coefficient (Wildman–Crippen LogP) is 3.56. The van der Waals surface area contributed by atoms with Gasteiger partial charge in [0.15, 0.2) is 5.82 Å². The fraction of sp³-hybridized carbons (Fsp3) is 0.320. The number of carbonyl (C=O) groups excluding carboxylic acids is 1. The summed E-state index contributed by atoms with van der Waals surface area (Å²) in [5.41, 5.74) is 1.73. The number of nitrogens with one attached hydrogen (secondary N) is 1. The van der Waals surface area contributed by atoms with Crippen molar-refractivity contribution in [1.29, 1.82) is 0 Å². The largest absolute Gasteiger partial charge is 0.497 e. The van der Waals surface area contributed by atoms with Crippen LogP contribution in [-0.4, -0.2) is 69.1 Å². The first-order valence-corrected chi connectivity index (χ1v) is 12.2. The number of ether oxygens (including phenoxy) is 3. The van der Waals surface area contributed by atoms with E-state index in [1.54, 1.807) is 51.9 Å². The van der Waals surface area contributed by atoms with Crippen molar-refractivity contribution in [3.05, 3.63) is 54.9 Å². The molecular weight excluding hydrogens is 466 g/mol. The normalized spacial score (nSPS) is 13.3. The van der Waals surface area contributed by atoms with E-state index in [4.69, 9.17) is 14.2 Å². The van der Waals surface area contributed by atoms with Gasteiger partial charge in [0.2, 0.25) is 5.91 Å². The van der Waals surface area contributed by atoms with Crippen LogP contribution in [0.2, 0.25) is 0 Å². The fourth-order valence-electron chi connectivity index (χ4n) is 3.84. The lowest BCUT2D eigenvalue weighted by atomic mass is 10.2. The second kappa shape index (κ2) is 11.7. The van der Waals surface area contributed by atoms with Crippen molar-refractivity contribution in [1.82, 2.24) is 9.97 Å². The van der Waals surface area contributed by atoms with Gasteiger partial charge in [0.05, 0.1) is 32.8 Å². The Morgan fingerprint density at radius 2 is 1.54 bits per heavy atom. The van der Waals surface area contributed by atoms with Gasteiger partial charge in [0.1, 0.15) is 22.3 Å².